The lowest BCUT2D eigenvalue weighted by molar-refractivity contribution is 0.0697. The lowest BCUT2D eigenvalue weighted by atomic mass is 9.65. The number of rotatable bonds is 2. The van der Waals surface area contributed by atoms with Crippen LogP contribution in [0.2, 0.25) is 0 Å². The molecule has 130 valence electrons. The molecule has 2 nitrogen and oxygen atoms in total. The quantitative estimate of drug-likeness (QED) is 0.800. The van der Waals surface area contributed by atoms with Gasteiger partial charge in [-0.25, -0.2) is 0 Å². The van der Waals surface area contributed by atoms with Gasteiger partial charge in [0.1, 0.15) is 0 Å². The molecule has 1 spiro atoms. The molecule has 1 aromatic rings. The first-order valence-corrected chi connectivity index (χ1v) is 9.95. The Balaban J connectivity index is 1.45. The Morgan fingerprint density at radius 2 is 1.75 bits per heavy atom. The molecule has 2 saturated heterocycles. The Labute approximate surface area is 147 Å². The van der Waals surface area contributed by atoms with Crippen molar-refractivity contribution >= 4 is 5.57 Å². The van der Waals surface area contributed by atoms with E-state index in [1.54, 1.807) is 5.56 Å². The maximum absolute atomic E-state index is 2.81. The van der Waals surface area contributed by atoms with E-state index >= 15 is 0 Å². The molecule has 0 amide bonds. The zero-order chi connectivity index (χ0) is 16.6. The SMILES string of the molecule is CCN1CCC(N2CCC3(CC=C(C)c4ccccc43)CC2)CC1. The average Bonchev–Trinajstić information content (AvgIpc) is 2.66. The molecule has 0 atom stereocenters. The number of likely N-dealkylation sites (tertiary alicyclic amines) is 2. The zero-order valence-corrected chi connectivity index (χ0v) is 15.4. The molecule has 0 bridgehead atoms. The Hall–Kier alpha value is -1.12. The summed E-state index contributed by atoms with van der Waals surface area (Å²) in [6, 6.07) is 10.0. The molecular weight excluding hydrogens is 292 g/mol. The minimum Gasteiger partial charge on any atom is -0.303 e. The summed E-state index contributed by atoms with van der Waals surface area (Å²) in [5.74, 6) is 0. The maximum atomic E-state index is 2.81. The average molecular weight is 325 g/mol. The second kappa shape index (κ2) is 6.65. The van der Waals surface area contributed by atoms with Crippen molar-refractivity contribution < 1.29 is 0 Å². The molecule has 24 heavy (non-hydrogen) atoms. The Bertz CT molecular complexity index is 602. The Kier molecular flexibility index (Phi) is 4.53. The number of hydrogen-bond acceptors (Lipinski definition) is 2. The van der Waals surface area contributed by atoms with Crippen LogP contribution in [0.25, 0.3) is 5.57 Å². The van der Waals surface area contributed by atoms with Crippen molar-refractivity contribution in [3.8, 4) is 0 Å². The Morgan fingerprint density at radius 1 is 1.04 bits per heavy atom. The standard InChI is InChI=1S/C22H32N2/c1-3-23-14-9-19(10-15-23)24-16-12-22(13-17-24)11-8-18(2)20-6-4-5-7-21(20)22/h4-8,19H,3,9-17H2,1-2H3. The summed E-state index contributed by atoms with van der Waals surface area (Å²) in [7, 11) is 0. The Morgan fingerprint density at radius 3 is 2.46 bits per heavy atom. The van der Waals surface area contributed by atoms with E-state index in [2.05, 4.69) is 54.0 Å². The van der Waals surface area contributed by atoms with Gasteiger partial charge in [-0.15, -0.1) is 0 Å². The van der Waals surface area contributed by atoms with Crippen LogP contribution < -0.4 is 0 Å². The van der Waals surface area contributed by atoms with Gasteiger partial charge in [-0.1, -0.05) is 37.3 Å². The van der Waals surface area contributed by atoms with Gasteiger partial charge in [-0.3, -0.25) is 0 Å². The predicted molar refractivity (Wildman–Crippen MR) is 102 cm³/mol. The molecule has 2 fully saturated rings. The van der Waals surface area contributed by atoms with Gasteiger partial charge in [0.15, 0.2) is 0 Å². The van der Waals surface area contributed by atoms with E-state index < -0.39 is 0 Å². The number of allylic oxidation sites excluding steroid dienone is 2. The van der Waals surface area contributed by atoms with E-state index in [0.29, 0.717) is 5.41 Å². The number of nitrogens with zero attached hydrogens (tertiary/aromatic N) is 2. The lowest BCUT2D eigenvalue weighted by Crippen LogP contribution is -2.51. The summed E-state index contributed by atoms with van der Waals surface area (Å²) in [6.07, 6.45) is 9.16. The van der Waals surface area contributed by atoms with Crippen LogP contribution >= 0.6 is 0 Å². The van der Waals surface area contributed by atoms with E-state index in [4.69, 9.17) is 0 Å². The number of piperidine rings is 2. The highest BCUT2D eigenvalue weighted by Crippen LogP contribution is 2.46. The van der Waals surface area contributed by atoms with Crippen molar-refractivity contribution in [1.29, 1.82) is 0 Å². The molecule has 3 aliphatic rings. The number of fused-ring (bicyclic) bond motifs is 2. The summed E-state index contributed by atoms with van der Waals surface area (Å²) in [5, 5.41) is 0. The first-order valence-electron chi connectivity index (χ1n) is 9.95. The van der Waals surface area contributed by atoms with Crippen LogP contribution in [0.15, 0.2) is 30.3 Å². The molecule has 2 heteroatoms. The molecule has 0 aromatic heterocycles. The van der Waals surface area contributed by atoms with Crippen LogP contribution in [0.3, 0.4) is 0 Å². The molecule has 0 saturated carbocycles. The van der Waals surface area contributed by atoms with E-state index in [-0.39, 0.29) is 0 Å². The van der Waals surface area contributed by atoms with Crippen molar-refractivity contribution in [2.24, 2.45) is 0 Å². The summed E-state index contributed by atoms with van der Waals surface area (Å²) in [5.41, 5.74) is 5.03. The van der Waals surface area contributed by atoms with Crippen molar-refractivity contribution in [2.75, 3.05) is 32.7 Å². The minimum absolute atomic E-state index is 0.413. The first-order chi connectivity index (χ1) is 11.7. The van der Waals surface area contributed by atoms with Gasteiger partial charge in [0.25, 0.3) is 0 Å². The fourth-order valence-corrected chi connectivity index (χ4v) is 5.25. The smallest absolute Gasteiger partial charge is 0.0120 e. The minimum atomic E-state index is 0.413. The third-order valence-electron chi connectivity index (χ3n) is 7.00. The highest BCUT2D eigenvalue weighted by atomic mass is 15.2. The highest BCUT2D eigenvalue weighted by molar-refractivity contribution is 5.70. The molecule has 1 aliphatic carbocycles. The van der Waals surface area contributed by atoms with E-state index in [1.807, 2.05) is 0 Å². The molecule has 2 aliphatic heterocycles. The lowest BCUT2D eigenvalue weighted by Gasteiger charge is -2.48. The highest BCUT2D eigenvalue weighted by Gasteiger charge is 2.40. The molecule has 0 N–H and O–H groups in total. The summed E-state index contributed by atoms with van der Waals surface area (Å²) in [4.78, 5) is 5.42. The van der Waals surface area contributed by atoms with Crippen LogP contribution in [0, 0.1) is 0 Å². The van der Waals surface area contributed by atoms with Gasteiger partial charge in [-0.05, 0) is 88.5 Å². The van der Waals surface area contributed by atoms with Gasteiger partial charge in [-0.2, -0.15) is 0 Å². The van der Waals surface area contributed by atoms with E-state index in [9.17, 15) is 0 Å². The monoisotopic (exact) mass is 324 g/mol. The summed E-state index contributed by atoms with van der Waals surface area (Å²) < 4.78 is 0. The fraction of sp³-hybridized carbons (Fsp3) is 0.636. The third kappa shape index (κ3) is 2.84. The van der Waals surface area contributed by atoms with E-state index in [1.165, 1.54) is 76.0 Å². The number of hydrogen-bond donors (Lipinski definition) is 0. The van der Waals surface area contributed by atoms with Crippen molar-refractivity contribution in [3.63, 3.8) is 0 Å². The molecule has 0 unspecified atom stereocenters. The van der Waals surface area contributed by atoms with Crippen LogP contribution in [0.1, 0.15) is 57.1 Å². The topological polar surface area (TPSA) is 6.48 Å². The third-order valence-corrected chi connectivity index (χ3v) is 7.00. The second-order valence-electron chi connectivity index (χ2n) is 8.12. The van der Waals surface area contributed by atoms with Crippen molar-refractivity contribution in [1.82, 2.24) is 9.80 Å². The normalized spacial score (nSPS) is 25.5. The van der Waals surface area contributed by atoms with E-state index in [0.717, 1.165) is 6.04 Å². The zero-order valence-electron chi connectivity index (χ0n) is 15.4. The van der Waals surface area contributed by atoms with Gasteiger partial charge >= 0.3 is 0 Å². The largest absolute Gasteiger partial charge is 0.303 e. The summed E-state index contributed by atoms with van der Waals surface area (Å²) >= 11 is 0. The predicted octanol–water partition coefficient (Wildman–Crippen LogP) is 4.31. The van der Waals surface area contributed by atoms with Crippen LogP contribution in [0.5, 0.6) is 0 Å². The molecule has 2 heterocycles. The van der Waals surface area contributed by atoms with Crippen molar-refractivity contribution in [3.05, 3.63) is 41.5 Å². The van der Waals surface area contributed by atoms with Gasteiger partial charge in [0.05, 0.1) is 0 Å². The van der Waals surface area contributed by atoms with Crippen LogP contribution in [-0.2, 0) is 5.41 Å². The van der Waals surface area contributed by atoms with Crippen molar-refractivity contribution in [2.45, 2.75) is 57.4 Å². The van der Waals surface area contributed by atoms with Gasteiger partial charge < -0.3 is 9.80 Å². The van der Waals surface area contributed by atoms with Gasteiger partial charge in [0, 0.05) is 11.5 Å². The summed E-state index contributed by atoms with van der Waals surface area (Å²) in [6.45, 7) is 11.0. The fourth-order valence-electron chi connectivity index (χ4n) is 5.25. The first kappa shape index (κ1) is 16.4. The maximum Gasteiger partial charge on any atom is 0.0120 e. The molecular formula is C22H32N2. The van der Waals surface area contributed by atoms with Crippen LogP contribution in [0.4, 0.5) is 0 Å². The number of benzene rings is 1. The van der Waals surface area contributed by atoms with Gasteiger partial charge in [0.2, 0.25) is 0 Å². The molecule has 0 radical (unpaired) electrons. The molecule has 4 rings (SSSR count). The molecule has 1 aromatic carbocycles. The second-order valence-corrected chi connectivity index (χ2v) is 8.12. The van der Waals surface area contributed by atoms with Crippen LogP contribution in [-0.4, -0.2) is 48.6 Å².